The highest BCUT2D eigenvalue weighted by molar-refractivity contribution is 6.36. The van der Waals surface area contributed by atoms with E-state index in [2.05, 4.69) is 11.7 Å². The molecular formula is C13H21ClO3. The number of unbranched alkanes of at least 4 members (excludes halogenated alkanes) is 2. The quantitative estimate of drug-likeness (QED) is 0.419. The summed E-state index contributed by atoms with van der Waals surface area (Å²) in [4.78, 5) is 22.4. The summed E-state index contributed by atoms with van der Waals surface area (Å²) in [6.07, 6.45) is 5.28. The average molecular weight is 261 g/mol. The summed E-state index contributed by atoms with van der Waals surface area (Å²) < 4.78 is 4.66. The number of alkyl halides is 1. The molecule has 4 heteroatoms. The van der Waals surface area contributed by atoms with Crippen molar-refractivity contribution in [3.63, 3.8) is 0 Å². The van der Waals surface area contributed by atoms with Crippen LogP contribution in [0.1, 0.15) is 51.9 Å². The zero-order valence-corrected chi connectivity index (χ0v) is 11.4. The van der Waals surface area contributed by atoms with E-state index in [0.717, 1.165) is 19.3 Å². The van der Waals surface area contributed by atoms with Crippen molar-refractivity contribution in [2.45, 2.75) is 56.7 Å². The van der Waals surface area contributed by atoms with Gasteiger partial charge in [0, 0.05) is 6.42 Å². The fourth-order valence-corrected chi connectivity index (χ4v) is 2.91. The predicted octanol–water partition coefficient (Wildman–Crippen LogP) is 3.09. The third kappa shape index (κ3) is 3.44. The van der Waals surface area contributed by atoms with E-state index in [9.17, 15) is 9.59 Å². The van der Waals surface area contributed by atoms with E-state index >= 15 is 0 Å². The lowest BCUT2D eigenvalue weighted by Gasteiger charge is -2.26. The third-order valence-corrected chi connectivity index (χ3v) is 4.32. The summed E-state index contributed by atoms with van der Waals surface area (Å²) in [5.41, 5.74) is 0. The number of ketones is 1. The molecule has 0 aromatic carbocycles. The molecule has 0 heterocycles. The average Bonchev–Trinajstić information content (AvgIpc) is 2.58. The Kier molecular flexibility index (Phi) is 5.44. The van der Waals surface area contributed by atoms with Crippen molar-refractivity contribution in [1.82, 2.24) is 0 Å². The van der Waals surface area contributed by atoms with E-state index in [-0.39, 0.29) is 24.1 Å². The number of carbonyl (C=O) groups is 2. The molecule has 0 amide bonds. The maximum atomic E-state index is 11.9. The molecular weight excluding hydrogens is 240 g/mol. The summed E-state index contributed by atoms with van der Waals surface area (Å²) in [5, 5.41) is 0. The first-order chi connectivity index (χ1) is 8.04. The molecule has 0 saturated heterocycles. The normalized spacial score (nSPS) is 28.4. The lowest BCUT2D eigenvalue weighted by Crippen LogP contribution is -2.35. The molecule has 0 N–H and O–H groups in total. The molecule has 0 bridgehead atoms. The number of ether oxygens (including phenoxy) is 1. The topological polar surface area (TPSA) is 43.4 Å². The number of halogens is 1. The van der Waals surface area contributed by atoms with E-state index in [4.69, 9.17) is 11.6 Å². The zero-order valence-electron chi connectivity index (χ0n) is 10.6. The van der Waals surface area contributed by atoms with Crippen LogP contribution in [-0.2, 0) is 14.3 Å². The van der Waals surface area contributed by atoms with Gasteiger partial charge in [-0.3, -0.25) is 9.59 Å². The summed E-state index contributed by atoms with van der Waals surface area (Å²) in [7, 11) is 1.37. The standard InChI is InChI=1S/C13H21ClO3/c1-3-4-5-8-13(14)10(6-7-11(13)15)9-12(16)17-2/h10H,3-9H2,1-2H3. The Bertz CT molecular complexity index is 290. The highest BCUT2D eigenvalue weighted by Gasteiger charge is 2.48. The summed E-state index contributed by atoms with van der Waals surface area (Å²) in [6.45, 7) is 2.11. The van der Waals surface area contributed by atoms with Crippen molar-refractivity contribution < 1.29 is 14.3 Å². The maximum absolute atomic E-state index is 11.9. The minimum absolute atomic E-state index is 0.0547. The molecule has 98 valence electrons. The van der Waals surface area contributed by atoms with Crippen LogP contribution in [0.2, 0.25) is 0 Å². The van der Waals surface area contributed by atoms with Crippen molar-refractivity contribution in [3.8, 4) is 0 Å². The largest absolute Gasteiger partial charge is 0.469 e. The maximum Gasteiger partial charge on any atom is 0.305 e. The van der Waals surface area contributed by atoms with Gasteiger partial charge >= 0.3 is 5.97 Å². The fourth-order valence-electron chi connectivity index (χ4n) is 2.49. The van der Waals surface area contributed by atoms with E-state index in [0.29, 0.717) is 19.3 Å². The number of esters is 1. The van der Waals surface area contributed by atoms with Gasteiger partial charge < -0.3 is 4.74 Å². The molecule has 0 radical (unpaired) electrons. The molecule has 1 fully saturated rings. The Morgan fingerprint density at radius 3 is 2.82 bits per heavy atom. The third-order valence-electron chi connectivity index (χ3n) is 3.62. The molecule has 3 nitrogen and oxygen atoms in total. The van der Waals surface area contributed by atoms with Crippen molar-refractivity contribution in [2.24, 2.45) is 5.92 Å². The number of Topliss-reactive ketones (excluding diaryl/α,β-unsaturated/α-hetero) is 1. The van der Waals surface area contributed by atoms with Gasteiger partial charge in [-0.1, -0.05) is 26.2 Å². The molecule has 1 aliphatic rings. The Labute approximate surface area is 108 Å². The summed E-state index contributed by atoms with van der Waals surface area (Å²) in [5.74, 6) is -0.227. The molecule has 1 aliphatic carbocycles. The smallest absolute Gasteiger partial charge is 0.305 e. The first-order valence-electron chi connectivity index (χ1n) is 6.33. The SMILES string of the molecule is CCCCCC1(Cl)C(=O)CCC1CC(=O)OC. The van der Waals surface area contributed by atoms with Crippen LogP contribution in [-0.4, -0.2) is 23.7 Å². The van der Waals surface area contributed by atoms with Crippen LogP contribution in [0.25, 0.3) is 0 Å². The van der Waals surface area contributed by atoms with Gasteiger partial charge in [0.25, 0.3) is 0 Å². The predicted molar refractivity (Wildman–Crippen MR) is 67.1 cm³/mol. The first-order valence-corrected chi connectivity index (χ1v) is 6.71. The van der Waals surface area contributed by atoms with Crippen LogP contribution >= 0.6 is 11.6 Å². The second-order valence-corrected chi connectivity index (χ2v) is 5.43. The van der Waals surface area contributed by atoms with Crippen molar-refractivity contribution in [1.29, 1.82) is 0 Å². The molecule has 2 unspecified atom stereocenters. The number of methoxy groups -OCH3 is 1. The molecule has 1 saturated carbocycles. The van der Waals surface area contributed by atoms with Crippen LogP contribution in [0.15, 0.2) is 0 Å². The Morgan fingerprint density at radius 2 is 2.24 bits per heavy atom. The van der Waals surface area contributed by atoms with Gasteiger partial charge in [-0.2, -0.15) is 0 Å². The van der Waals surface area contributed by atoms with Gasteiger partial charge in [-0.25, -0.2) is 0 Å². The minimum atomic E-state index is -0.816. The van der Waals surface area contributed by atoms with Crippen molar-refractivity contribution >= 4 is 23.4 Å². The highest BCUT2D eigenvalue weighted by Crippen LogP contribution is 2.44. The van der Waals surface area contributed by atoms with Crippen LogP contribution in [0, 0.1) is 5.92 Å². The Balaban J connectivity index is 2.62. The molecule has 17 heavy (non-hydrogen) atoms. The van der Waals surface area contributed by atoms with Gasteiger partial charge in [-0.15, -0.1) is 11.6 Å². The van der Waals surface area contributed by atoms with Gasteiger partial charge in [-0.05, 0) is 18.8 Å². The van der Waals surface area contributed by atoms with Crippen LogP contribution < -0.4 is 0 Å². The second-order valence-electron chi connectivity index (χ2n) is 4.76. The van der Waals surface area contributed by atoms with Gasteiger partial charge in [0.2, 0.25) is 0 Å². The Morgan fingerprint density at radius 1 is 1.53 bits per heavy atom. The number of rotatable bonds is 6. The minimum Gasteiger partial charge on any atom is -0.469 e. The van der Waals surface area contributed by atoms with Crippen molar-refractivity contribution in [2.75, 3.05) is 7.11 Å². The van der Waals surface area contributed by atoms with Gasteiger partial charge in [0.05, 0.1) is 13.5 Å². The lowest BCUT2D eigenvalue weighted by atomic mass is 9.87. The number of carbonyl (C=O) groups excluding carboxylic acids is 2. The number of hydrogen-bond donors (Lipinski definition) is 0. The highest BCUT2D eigenvalue weighted by atomic mass is 35.5. The first kappa shape index (κ1) is 14.5. The van der Waals surface area contributed by atoms with Crippen LogP contribution in [0.4, 0.5) is 0 Å². The molecule has 0 aromatic heterocycles. The molecule has 1 rings (SSSR count). The zero-order chi connectivity index (χ0) is 12.9. The van der Waals surface area contributed by atoms with Gasteiger partial charge in [0.15, 0.2) is 5.78 Å². The van der Waals surface area contributed by atoms with Crippen LogP contribution in [0.5, 0.6) is 0 Å². The Hall–Kier alpha value is -0.570. The lowest BCUT2D eigenvalue weighted by molar-refractivity contribution is -0.141. The van der Waals surface area contributed by atoms with Gasteiger partial charge in [0.1, 0.15) is 4.87 Å². The van der Waals surface area contributed by atoms with Crippen molar-refractivity contribution in [3.05, 3.63) is 0 Å². The fraction of sp³-hybridized carbons (Fsp3) is 0.846. The summed E-state index contributed by atoms with van der Waals surface area (Å²) >= 11 is 6.47. The van der Waals surface area contributed by atoms with E-state index < -0.39 is 4.87 Å². The van der Waals surface area contributed by atoms with E-state index in [1.165, 1.54) is 7.11 Å². The van der Waals surface area contributed by atoms with Crippen LogP contribution in [0.3, 0.4) is 0 Å². The summed E-state index contributed by atoms with van der Waals surface area (Å²) in [6, 6.07) is 0. The van der Waals surface area contributed by atoms with E-state index in [1.54, 1.807) is 0 Å². The van der Waals surface area contributed by atoms with E-state index in [1.807, 2.05) is 0 Å². The number of hydrogen-bond acceptors (Lipinski definition) is 3. The second kappa shape index (κ2) is 6.39. The molecule has 0 spiro atoms. The molecule has 0 aromatic rings. The monoisotopic (exact) mass is 260 g/mol. The molecule has 2 atom stereocenters. The molecule has 0 aliphatic heterocycles.